The highest BCUT2D eigenvalue weighted by atomic mass is 35.6. The first-order chi connectivity index (χ1) is 8.52. The van der Waals surface area contributed by atoms with E-state index in [4.69, 9.17) is 45.3 Å². The van der Waals surface area contributed by atoms with Crippen LogP contribution >= 0.6 is 34.8 Å². The van der Waals surface area contributed by atoms with Crippen molar-refractivity contribution >= 4 is 34.8 Å². The number of ether oxygens (including phenoxy) is 1. The van der Waals surface area contributed by atoms with Crippen molar-refractivity contribution in [2.75, 3.05) is 13.2 Å². The Kier molecular flexibility index (Phi) is 12.1. The quantitative estimate of drug-likeness (QED) is 0.437. The van der Waals surface area contributed by atoms with Crippen molar-refractivity contribution < 1.29 is 4.74 Å². The van der Waals surface area contributed by atoms with Gasteiger partial charge in [-0.15, -0.1) is 0 Å². The van der Waals surface area contributed by atoms with Gasteiger partial charge in [-0.05, 0) is 6.42 Å². The average Bonchev–Trinajstić information content (AvgIpc) is 2.30. The Hall–Kier alpha value is 0.790. The second kappa shape index (κ2) is 11.6. The van der Waals surface area contributed by atoms with Gasteiger partial charge in [0.2, 0.25) is 3.79 Å². The van der Waals surface area contributed by atoms with E-state index < -0.39 is 9.90 Å². The van der Waals surface area contributed by atoms with Gasteiger partial charge in [0.05, 0.1) is 0 Å². The number of hydrogen-bond acceptors (Lipinski definition) is 2. The minimum absolute atomic E-state index is 0.230. The first-order valence-corrected chi connectivity index (χ1v) is 8.04. The third kappa shape index (κ3) is 10.7. The number of rotatable bonds is 11. The number of alkyl halides is 3. The van der Waals surface area contributed by atoms with E-state index in [2.05, 4.69) is 6.92 Å². The predicted octanol–water partition coefficient (Wildman–Crippen LogP) is 4.84. The van der Waals surface area contributed by atoms with E-state index in [0.29, 0.717) is 6.61 Å². The Morgan fingerprint density at radius 2 is 1.44 bits per heavy atom. The van der Waals surface area contributed by atoms with Gasteiger partial charge in [-0.3, -0.25) is 0 Å². The van der Waals surface area contributed by atoms with Gasteiger partial charge < -0.3 is 10.5 Å². The van der Waals surface area contributed by atoms with Crippen molar-refractivity contribution in [2.45, 2.75) is 68.2 Å². The van der Waals surface area contributed by atoms with E-state index in [9.17, 15) is 0 Å². The van der Waals surface area contributed by atoms with Crippen molar-refractivity contribution in [1.29, 1.82) is 0 Å². The lowest BCUT2D eigenvalue weighted by Crippen LogP contribution is -2.36. The van der Waals surface area contributed by atoms with Gasteiger partial charge in [0.15, 0.2) is 0 Å². The van der Waals surface area contributed by atoms with Gasteiger partial charge in [-0.1, -0.05) is 86.7 Å². The van der Waals surface area contributed by atoms with E-state index in [1.807, 2.05) is 0 Å². The number of hydrogen-bond donors (Lipinski definition) is 1. The van der Waals surface area contributed by atoms with Crippen LogP contribution in [0.3, 0.4) is 0 Å². The lowest BCUT2D eigenvalue weighted by molar-refractivity contribution is 0.0589. The molecule has 0 bridgehead atoms. The summed E-state index contributed by atoms with van der Waals surface area (Å²) >= 11 is 17.2. The van der Waals surface area contributed by atoms with Crippen LogP contribution in [0.1, 0.15) is 58.3 Å². The molecule has 0 heterocycles. The smallest absolute Gasteiger partial charge is 0.217 e. The van der Waals surface area contributed by atoms with Crippen molar-refractivity contribution in [3.05, 3.63) is 0 Å². The summed E-state index contributed by atoms with van der Waals surface area (Å²) in [6, 6.07) is 0. The molecule has 1 unspecified atom stereocenters. The molecule has 5 heteroatoms. The molecule has 1 atom stereocenters. The topological polar surface area (TPSA) is 35.2 Å². The Bertz CT molecular complexity index is 186. The molecule has 0 aromatic rings. The van der Waals surface area contributed by atoms with Crippen LogP contribution in [0.2, 0.25) is 0 Å². The normalized spacial score (nSPS) is 13.8. The Morgan fingerprint density at radius 3 is 1.89 bits per heavy atom. The Balaban J connectivity index is 3.34. The number of nitrogens with two attached hydrogens (primary N) is 1. The summed E-state index contributed by atoms with van der Waals surface area (Å²) in [6.07, 6.45) is 9.58. The molecule has 0 aliphatic heterocycles. The van der Waals surface area contributed by atoms with Crippen LogP contribution in [0, 0.1) is 0 Å². The van der Waals surface area contributed by atoms with Crippen LogP contribution in [0.5, 0.6) is 0 Å². The van der Waals surface area contributed by atoms with E-state index in [1.54, 1.807) is 0 Å². The fourth-order valence-corrected chi connectivity index (χ4v) is 2.21. The molecule has 0 aliphatic rings. The summed E-state index contributed by atoms with van der Waals surface area (Å²) in [5.74, 6) is 0. The maximum atomic E-state index is 5.74. The largest absolute Gasteiger partial charge is 0.372 e. The predicted molar refractivity (Wildman–Crippen MR) is 81.7 cm³/mol. The van der Waals surface area contributed by atoms with Gasteiger partial charge in [0.1, 0.15) is 6.10 Å². The van der Waals surface area contributed by atoms with Crippen LogP contribution in [0.4, 0.5) is 0 Å². The number of unbranched alkanes of at least 4 members (excludes halogenated alkanes) is 7. The summed E-state index contributed by atoms with van der Waals surface area (Å²) in [7, 11) is 0. The van der Waals surface area contributed by atoms with Crippen LogP contribution in [0.25, 0.3) is 0 Å². The van der Waals surface area contributed by atoms with Crippen LogP contribution in [-0.2, 0) is 4.74 Å². The Labute approximate surface area is 126 Å². The maximum absolute atomic E-state index is 5.74. The lowest BCUT2D eigenvalue weighted by Gasteiger charge is -2.23. The van der Waals surface area contributed by atoms with E-state index in [1.165, 1.54) is 44.9 Å². The van der Waals surface area contributed by atoms with E-state index >= 15 is 0 Å². The van der Waals surface area contributed by atoms with Gasteiger partial charge >= 0.3 is 0 Å². The second-order valence-corrected chi connectivity index (χ2v) is 6.98. The summed E-state index contributed by atoms with van der Waals surface area (Å²) < 4.78 is 4.06. The first kappa shape index (κ1) is 18.8. The first-order valence-electron chi connectivity index (χ1n) is 6.90. The molecule has 0 spiro atoms. The summed E-state index contributed by atoms with van der Waals surface area (Å²) in [5.41, 5.74) is 5.49. The molecule has 0 radical (unpaired) electrons. The zero-order valence-electron chi connectivity index (χ0n) is 11.3. The minimum Gasteiger partial charge on any atom is -0.372 e. The molecule has 0 rings (SSSR count). The molecular weight excluding hydrogens is 293 g/mol. The van der Waals surface area contributed by atoms with Crippen molar-refractivity contribution in [3.8, 4) is 0 Å². The van der Waals surface area contributed by atoms with Crippen LogP contribution in [-0.4, -0.2) is 23.0 Å². The van der Waals surface area contributed by atoms with Crippen molar-refractivity contribution in [1.82, 2.24) is 0 Å². The molecule has 0 saturated heterocycles. The van der Waals surface area contributed by atoms with Crippen LogP contribution in [0.15, 0.2) is 0 Å². The molecular formula is C13H26Cl3NO. The fourth-order valence-electron chi connectivity index (χ4n) is 1.76. The Morgan fingerprint density at radius 1 is 0.944 bits per heavy atom. The molecule has 0 fully saturated rings. The van der Waals surface area contributed by atoms with Crippen molar-refractivity contribution in [3.63, 3.8) is 0 Å². The highest BCUT2D eigenvalue weighted by Gasteiger charge is 2.32. The molecule has 18 heavy (non-hydrogen) atoms. The van der Waals surface area contributed by atoms with Gasteiger partial charge in [-0.25, -0.2) is 0 Å². The monoisotopic (exact) mass is 317 g/mol. The SMILES string of the molecule is CCCCCCCCCCOC(CN)C(Cl)(Cl)Cl. The molecule has 0 saturated carbocycles. The molecule has 0 aliphatic carbocycles. The average molecular weight is 319 g/mol. The van der Waals surface area contributed by atoms with E-state index in [0.717, 1.165) is 6.42 Å². The molecule has 0 aromatic heterocycles. The maximum Gasteiger partial charge on any atom is 0.217 e. The minimum atomic E-state index is -1.42. The van der Waals surface area contributed by atoms with E-state index in [-0.39, 0.29) is 6.54 Å². The third-order valence-corrected chi connectivity index (χ3v) is 3.63. The fraction of sp³-hybridized carbons (Fsp3) is 1.00. The summed E-state index contributed by atoms with van der Waals surface area (Å²) in [6.45, 7) is 3.08. The highest BCUT2D eigenvalue weighted by molar-refractivity contribution is 6.68. The molecule has 0 amide bonds. The second-order valence-electron chi connectivity index (χ2n) is 4.61. The standard InChI is InChI=1S/C13H26Cl3NO/c1-2-3-4-5-6-7-8-9-10-18-12(11-17)13(14,15)16/h12H,2-11,17H2,1H3. The van der Waals surface area contributed by atoms with Crippen LogP contribution < -0.4 is 5.73 Å². The summed E-state index contributed by atoms with van der Waals surface area (Å²) in [4.78, 5) is 0. The zero-order chi connectivity index (χ0) is 13.9. The zero-order valence-corrected chi connectivity index (χ0v) is 13.5. The molecule has 0 aromatic carbocycles. The van der Waals surface area contributed by atoms with Gasteiger partial charge in [-0.2, -0.15) is 0 Å². The lowest BCUT2D eigenvalue weighted by atomic mass is 10.1. The summed E-state index contributed by atoms with van der Waals surface area (Å²) in [5, 5.41) is 0. The molecule has 2 nitrogen and oxygen atoms in total. The molecule has 2 N–H and O–H groups in total. The highest BCUT2D eigenvalue weighted by Crippen LogP contribution is 2.31. The van der Waals surface area contributed by atoms with Gasteiger partial charge in [0, 0.05) is 13.2 Å². The molecule has 110 valence electrons. The number of halogens is 3. The van der Waals surface area contributed by atoms with Gasteiger partial charge in [0.25, 0.3) is 0 Å². The van der Waals surface area contributed by atoms with Crippen molar-refractivity contribution in [2.24, 2.45) is 5.73 Å². The third-order valence-electron chi connectivity index (χ3n) is 2.90.